The van der Waals surface area contributed by atoms with E-state index in [1.165, 1.54) is 17.4 Å². The van der Waals surface area contributed by atoms with Crippen molar-refractivity contribution in [3.05, 3.63) is 23.6 Å². The molecule has 0 atom stereocenters. The van der Waals surface area contributed by atoms with Crippen LogP contribution in [0.25, 0.3) is 11.3 Å². The minimum atomic E-state index is -0.169. The fourth-order valence-electron chi connectivity index (χ4n) is 1.15. The molecular weight excluding hydrogens is 200 g/mol. The van der Waals surface area contributed by atoms with Crippen molar-refractivity contribution >= 4 is 16.5 Å². The van der Waals surface area contributed by atoms with Gasteiger partial charge in [-0.25, -0.2) is 4.98 Å². The molecule has 1 aromatic heterocycles. The maximum Gasteiger partial charge on any atom is 0.180 e. The molecule has 0 aliphatic carbocycles. The molecule has 1 aromatic carbocycles. The zero-order valence-corrected chi connectivity index (χ0v) is 7.95. The van der Waals surface area contributed by atoms with Gasteiger partial charge >= 0.3 is 0 Å². The Hall–Kier alpha value is -1.75. The summed E-state index contributed by atoms with van der Waals surface area (Å²) in [5, 5.41) is 21.0. The second kappa shape index (κ2) is 3.19. The van der Waals surface area contributed by atoms with Gasteiger partial charge in [0.2, 0.25) is 0 Å². The highest BCUT2D eigenvalue weighted by Gasteiger charge is 2.10. The first-order valence-electron chi connectivity index (χ1n) is 3.91. The van der Waals surface area contributed by atoms with Crippen LogP contribution in [0.15, 0.2) is 23.6 Å². The van der Waals surface area contributed by atoms with Crippen molar-refractivity contribution in [1.29, 1.82) is 0 Å². The van der Waals surface area contributed by atoms with Crippen LogP contribution >= 0.6 is 11.3 Å². The highest BCUT2D eigenvalue weighted by Crippen LogP contribution is 2.36. The third kappa shape index (κ3) is 1.38. The molecular formula is C9H8N2O2S. The number of aromatic hydroxyl groups is 2. The number of nitrogens with two attached hydrogens (primary N) is 1. The lowest BCUT2D eigenvalue weighted by molar-refractivity contribution is 0.405. The van der Waals surface area contributed by atoms with Crippen LogP contribution in [0, 0.1) is 0 Å². The second-order valence-electron chi connectivity index (χ2n) is 2.74. The first-order valence-corrected chi connectivity index (χ1v) is 4.79. The smallest absolute Gasteiger partial charge is 0.180 e. The lowest BCUT2D eigenvalue weighted by Crippen LogP contribution is -1.83. The van der Waals surface area contributed by atoms with Crippen molar-refractivity contribution in [2.45, 2.75) is 0 Å². The van der Waals surface area contributed by atoms with Crippen LogP contribution < -0.4 is 5.73 Å². The molecule has 1 heterocycles. The van der Waals surface area contributed by atoms with Gasteiger partial charge in [-0.1, -0.05) is 6.07 Å². The standard InChI is InChI=1S/C9H8N2O2S/c10-9-11-6(4-14-9)5-2-1-3-7(12)8(5)13/h1-4,12-13H,(H2,10,11). The largest absolute Gasteiger partial charge is 0.504 e. The van der Waals surface area contributed by atoms with E-state index in [1.54, 1.807) is 17.5 Å². The number of phenolic OH excluding ortho intramolecular Hbond substituents is 2. The summed E-state index contributed by atoms with van der Waals surface area (Å²) in [6.07, 6.45) is 0. The van der Waals surface area contributed by atoms with Gasteiger partial charge in [0, 0.05) is 10.9 Å². The Kier molecular flexibility index (Phi) is 2.01. The van der Waals surface area contributed by atoms with Crippen LogP contribution in [0.2, 0.25) is 0 Å². The Bertz CT molecular complexity index is 468. The maximum absolute atomic E-state index is 9.53. The maximum atomic E-state index is 9.53. The minimum Gasteiger partial charge on any atom is -0.504 e. The van der Waals surface area contributed by atoms with E-state index in [-0.39, 0.29) is 11.5 Å². The Morgan fingerprint density at radius 1 is 1.29 bits per heavy atom. The topological polar surface area (TPSA) is 79.4 Å². The molecule has 5 heteroatoms. The summed E-state index contributed by atoms with van der Waals surface area (Å²) in [4.78, 5) is 4.01. The van der Waals surface area contributed by atoms with Crippen molar-refractivity contribution in [2.24, 2.45) is 0 Å². The van der Waals surface area contributed by atoms with Crippen molar-refractivity contribution in [1.82, 2.24) is 4.98 Å². The number of nitrogens with zero attached hydrogens (tertiary/aromatic N) is 1. The zero-order chi connectivity index (χ0) is 10.1. The lowest BCUT2D eigenvalue weighted by atomic mass is 10.1. The van der Waals surface area contributed by atoms with Crippen LogP contribution in [-0.2, 0) is 0 Å². The summed E-state index contributed by atoms with van der Waals surface area (Å²) in [6.45, 7) is 0. The number of thiazole rings is 1. The monoisotopic (exact) mass is 208 g/mol. The number of nitrogen functional groups attached to an aromatic ring is 1. The third-order valence-electron chi connectivity index (χ3n) is 1.81. The van der Waals surface area contributed by atoms with E-state index in [1.807, 2.05) is 0 Å². The van der Waals surface area contributed by atoms with Gasteiger partial charge in [-0.15, -0.1) is 11.3 Å². The number of aromatic nitrogens is 1. The Balaban J connectivity index is 2.57. The van der Waals surface area contributed by atoms with Crippen molar-refractivity contribution in [2.75, 3.05) is 5.73 Å². The van der Waals surface area contributed by atoms with Gasteiger partial charge in [0.15, 0.2) is 16.6 Å². The predicted octanol–water partition coefficient (Wildman–Crippen LogP) is 1.80. The average molecular weight is 208 g/mol. The molecule has 72 valence electrons. The molecule has 2 rings (SSSR count). The number of benzene rings is 1. The molecule has 0 saturated carbocycles. The molecule has 2 aromatic rings. The Morgan fingerprint density at radius 3 is 2.71 bits per heavy atom. The third-order valence-corrected chi connectivity index (χ3v) is 2.49. The molecule has 4 nitrogen and oxygen atoms in total. The van der Waals surface area contributed by atoms with Gasteiger partial charge in [-0.3, -0.25) is 0 Å². The van der Waals surface area contributed by atoms with Gasteiger partial charge in [0.25, 0.3) is 0 Å². The average Bonchev–Trinajstić information content (AvgIpc) is 2.57. The fraction of sp³-hybridized carbons (Fsp3) is 0. The summed E-state index contributed by atoms with van der Waals surface area (Å²) in [7, 11) is 0. The van der Waals surface area contributed by atoms with E-state index < -0.39 is 0 Å². The van der Waals surface area contributed by atoms with E-state index in [4.69, 9.17) is 5.73 Å². The SMILES string of the molecule is Nc1nc(-c2cccc(O)c2O)cs1. The van der Waals surface area contributed by atoms with E-state index in [0.29, 0.717) is 16.4 Å². The van der Waals surface area contributed by atoms with E-state index in [9.17, 15) is 10.2 Å². The van der Waals surface area contributed by atoms with Gasteiger partial charge in [0.05, 0.1) is 5.69 Å². The first kappa shape index (κ1) is 8.83. The summed E-state index contributed by atoms with van der Waals surface area (Å²) < 4.78 is 0. The van der Waals surface area contributed by atoms with Crippen molar-refractivity contribution in [3.8, 4) is 22.8 Å². The number of hydrogen-bond donors (Lipinski definition) is 3. The molecule has 0 aliphatic rings. The molecule has 4 N–H and O–H groups in total. The number of hydrogen-bond acceptors (Lipinski definition) is 5. The molecule has 14 heavy (non-hydrogen) atoms. The molecule has 0 bridgehead atoms. The highest BCUT2D eigenvalue weighted by atomic mass is 32.1. The van der Waals surface area contributed by atoms with E-state index >= 15 is 0 Å². The van der Waals surface area contributed by atoms with Crippen molar-refractivity contribution in [3.63, 3.8) is 0 Å². The molecule has 0 spiro atoms. The number of para-hydroxylation sites is 1. The molecule has 0 fully saturated rings. The lowest BCUT2D eigenvalue weighted by Gasteiger charge is -2.02. The van der Waals surface area contributed by atoms with Crippen LogP contribution in [0.5, 0.6) is 11.5 Å². The number of phenols is 2. The van der Waals surface area contributed by atoms with Crippen LogP contribution in [0.3, 0.4) is 0 Å². The second-order valence-corrected chi connectivity index (χ2v) is 3.63. The predicted molar refractivity (Wildman–Crippen MR) is 55.3 cm³/mol. The first-order chi connectivity index (χ1) is 6.68. The molecule has 0 amide bonds. The van der Waals surface area contributed by atoms with E-state index in [2.05, 4.69) is 4.98 Å². The summed E-state index contributed by atoms with van der Waals surface area (Å²) in [5.74, 6) is -0.327. The molecule has 0 unspecified atom stereocenters. The Labute approximate surface area is 84.3 Å². The quantitative estimate of drug-likeness (QED) is 0.624. The van der Waals surface area contributed by atoms with Gasteiger partial charge in [-0.05, 0) is 12.1 Å². The minimum absolute atomic E-state index is 0.158. The normalized spacial score (nSPS) is 10.3. The molecule has 0 saturated heterocycles. The zero-order valence-electron chi connectivity index (χ0n) is 7.14. The number of rotatable bonds is 1. The van der Waals surface area contributed by atoms with Gasteiger partial charge in [0.1, 0.15) is 0 Å². The van der Waals surface area contributed by atoms with Gasteiger partial charge in [-0.2, -0.15) is 0 Å². The van der Waals surface area contributed by atoms with Crippen LogP contribution in [0.4, 0.5) is 5.13 Å². The summed E-state index contributed by atoms with van der Waals surface area (Å²) >= 11 is 1.29. The van der Waals surface area contributed by atoms with Crippen LogP contribution in [0.1, 0.15) is 0 Å². The molecule has 0 aliphatic heterocycles. The van der Waals surface area contributed by atoms with Crippen LogP contribution in [-0.4, -0.2) is 15.2 Å². The summed E-state index contributed by atoms with van der Waals surface area (Å²) in [5.41, 5.74) is 6.52. The molecule has 0 radical (unpaired) electrons. The Morgan fingerprint density at radius 2 is 2.07 bits per heavy atom. The number of anilines is 1. The highest BCUT2D eigenvalue weighted by molar-refractivity contribution is 7.13. The fourth-order valence-corrected chi connectivity index (χ4v) is 1.71. The van der Waals surface area contributed by atoms with Gasteiger partial charge < -0.3 is 15.9 Å². The van der Waals surface area contributed by atoms with E-state index in [0.717, 1.165) is 0 Å². The van der Waals surface area contributed by atoms with Crippen molar-refractivity contribution < 1.29 is 10.2 Å². The summed E-state index contributed by atoms with van der Waals surface area (Å²) in [6, 6.07) is 4.72.